The molecule has 0 bridgehead atoms. The number of halogens is 4. The molecule has 112 valence electrons. The van der Waals surface area contributed by atoms with Crippen LogP contribution in [0.1, 0.15) is 19.3 Å². The molecule has 0 atom stereocenters. The average Bonchev–Trinajstić information content (AvgIpc) is 2.32. The first-order valence-corrected chi connectivity index (χ1v) is 7.26. The molecule has 0 amide bonds. The van der Waals surface area contributed by atoms with E-state index < -0.39 is 43.7 Å². The molecule has 1 aliphatic rings. The highest BCUT2D eigenvalue weighted by atomic mass is 32.2. The zero-order valence-electron chi connectivity index (χ0n) is 10.2. The lowest BCUT2D eigenvalue weighted by Crippen LogP contribution is -2.55. The maximum atomic E-state index is 13.4. The largest absolute Gasteiger partial charge is 0.324 e. The van der Waals surface area contributed by atoms with Crippen LogP contribution in [-0.4, -0.2) is 20.5 Å². The Morgan fingerprint density at radius 2 is 1.65 bits per heavy atom. The maximum Gasteiger partial charge on any atom is 0.246 e. The van der Waals surface area contributed by atoms with Gasteiger partial charge in [-0.2, -0.15) is 0 Å². The number of rotatable bonds is 4. The normalized spacial score (nSPS) is 17.9. The van der Waals surface area contributed by atoms with E-state index in [0.717, 1.165) is 6.42 Å². The van der Waals surface area contributed by atoms with Gasteiger partial charge in [-0.1, -0.05) is 0 Å². The van der Waals surface area contributed by atoms with Gasteiger partial charge in [0.1, 0.15) is 0 Å². The Bertz CT molecular complexity index is 618. The van der Waals surface area contributed by atoms with Crippen LogP contribution in [0.2, 0.25) is 0 Å². The summed E-state index contributed by atoms with van der Waals surface area (Å²) in [7, 11) is -4.74. The van der Waals surface area contributed by atoms with Gasteiger partial charge in [0, 0.05) is 18.2 Å². The van der Waals surface area contributed by atoms with Crippen molar-refractivity contribution in [1.82, 2.24) is 4.72 Å². The van der Waals surface area contributed by atoms with E-state index in [-0.39, 0.29) is 12.6 Å². The average molecular weight is 312 g/mol. The Morgan fingerprint density at radius 3 is 2.05 bits per heavy atom. The number of sulfonamides is 1. The molecule has 1 aromatic carbocycles. The van der Waals surface area contributed by atoms with Crippen LogP contribution in [0.15, 0.2) is 11.0 Å². The minimum Gasteiger partial charge on any atom is -0.324 e. The molecular weight excluding hydrogens is 300 g/mol. The highest BCUT2D eigenvalue weighted by Crippen LogP contribution is 2.29. The van der Waals surface area contributed by atoms with Crippen molar-refractivity contribution in [2.45, 2.75) is 29.7 Å². The van der Waals surface area contributed by atoms with Crippen molar-refractivity contribution in [1.29, 1.82) is 0 Å². The van der Waals surface area contributed by atoms with Crippen LogP contribution in [0.5, 0.6) is 0 Å². The fraction of sp³-hybridized carbons (Fsp3) is 0.455. The van der Waals surface area contributed by atoms with Crippen LogP contribution in [0.3, 0.4) is 0 Å². The smallest absolute Gasteiger partial charge is 0.246 e. The van der Waals surface area contributed by atoms with Gasteiger partial charge in [0.2, 0.25) is 10.0 Å². The quantitative estimate of drug-likeness (QED) is 0.652. The molecule has 1 saturated carbocycles. The predicted octanol–water partition coefficient (Wildman–Crippen LogP) is 1.40. The van der Waals surface area contributed by atoms with Crippen molar-refractivity contribution in [3.63, 3.8) is 0 Å². The maximum absolute atomic E-state index is 13.4. The molecule has 1 aromatic rings. The topological polar surface area (TPSA) is 72.2 Å². The van der Waals surface area contributed by atoms with Crippen LogP contribution in [-0.2, 0) is 10.0 Å². The van der Waals surface area contributed by atoms with Crippen molar-refractivity contribution in [2.24, 2.45) is 5.73 Å². The summed E-state index contributed by atoms with van der Waals surface area (Å²) in [6.07, 6.45) is 1.92. The van der Waals surface area contributed by atoms with Gasteiger partial charge < -0.3 is 5.73 Å². The molecule has 0 radical (unpaired) electrons. The fourth-order valence-corrected chi connectivity index (χ4v) is 3.19. The van der Waals surface area contributed by atoms with E-state index in [0.29, 0.717) is 12.8 Å². The van der Waals surface area contributed by atoms with Gasteiger partial charge >= 0.3 is 0 Å². The first-order chi connectivity index (χ1) is 9.16. The van der Waals surface area contributed by atoms with Crippen LogP contribution >= 0.6 is 0 Å². The lowest BCUT2D eigenvalue weighted by Gasteiger charge is -2.38. The lowest BCUT2D eigenvalue weighted by atomic mass is 9.78. The number of hydrogen-bond donors (Lipinski definition) is 2. The number of hydrogen-bond acceptors (Lipinski definition) is 3. The molecule has 0 aromatic heterocycles. The van der Waals surface area contributed by atoms with Gasteiger partial charge in [-0.25, -0.2) is 30.7 Å². The summed E-state index contributed by atoms with van der Waals surface area (Å²) >= 11 is 0. The standard InChI is InChI=1S/C11H12F4N2O2S/c12-6-4-7(13)9(15)10(8(6)14)20(18,19)17-5-11(16)2-1-3-11/h4,17H,1-3,5,16H2. The number of nitrogens with two attached hydrogens (primary N) is 1. The summed E-state index contributed by atoms with van der Waals surface area (Å²) in [6, 6.07) is -0.0555. The summed E-state index contributed by atoms with van der Waals surface area (Å²) < 4.78 is 78.3. The van der Waals surface area contributed by atoms with E-state index in [1.165, 1.54) is 0 Å². The van der Waals surface area contributed by atoms with Gasteiger partial charge in [0.05, 0.1) is 0 Å². The molecule has 20 heavy (non-hydrogen) atoms. The van der Waals surface area contributed by atoms with Crippen molar-refractivity contribution >= 4 is 10.0 Å². The van der Waals surface area contributed by atoms with Crippen LogP contribution < -0.4 is 10.5 Å². The van der Waals surface area contributed by atoms with E-state index >= 15 is 0 Å². The van der Waals surface area contributed by atoms with Crippen molar-refractivity contribution in [3.8, 4) is 0 Å². The second kappa shape index (κ2) is 4.97. The molecule has 1 fully saturated rings. The molecule has 0 spiro atoms. The van der Waals surface area contributed by atoms with Gasteiger partial charge in [-0.05, 0) is 19.3 Å². The van der Waals surface area contributed by atoms with E-state index in [1.807, 2.05) is 4.72 Å². The summed E-state index contributed by atoms with van der Waals surface area (Å²) in [6.45, 7) is -0.258. The lowest BCUT2D eigenvalue weighted by molar-refractivity contribution is 0.250. The van der Waals surface area contributed by atoms with Crippen molar-refractivity contribution in [3.05, 3.63) is 29.3 Å². The van der Waals surface area contributed by atoms with Crippen LogP contribution in [0.4, 0.5) is 17.6 Å². The highest BCUT2D eigenvalue weighted by Gasteiger charge is 2.36. The van der Waals surface area contributed by atoms with Crippen molar-refractivity contribution in [2.75, 3.05) is 6.54 Å². The fourth-order valence-electron chi connectivity index (χ4n) is 1.91. The molecule has 1 aliphatic carbocycles. The molecule has 0 heterocycles. The Balaban J connectivity index is 2.34. The van der Waals surface area contributed by atoms with E-state index in [2.05, 4.69) is 0 Å². The van der Waals surface area contributed by atoms with E-state index in [4.69, 9.17) is 5.73 Å². The zero-order chi connectivity index (χ0) is 15.1. The number of benzene rings is 1. The second-order valence-electron chi connectivity index (χ2n) is 4.84. The molecule has 9 heteroatoms. The van der Waals surface area contributed by atoms with Crippen molar-refractivity contribution < 1.29 is 26.0 Å². The summed E-state index contributed by atoms with van der Waals surface area (Å²) in [5.74, 6) is -7.49. The third-order valence-corrected chi connectivity index (χ3v) is 4.72. The third kappa shape index (κ3) is 2.65. The Morgan fingerprint density at radius 1 is 1.15 bits per heavy atom. The molecule has 0 unspecified atom stereocenters. The van der Waals surface area contributed by atoms with Gasteiger partial charge in [-0.15, -0.1) is 0 Å². The first kappa shape index (κ1) is 15.2. The summed E-state index contributed by atoms with van der Waals surface area (Å²) in [5.41, 5.74) is 4.98. The Hall–Kier alpha value is -1.19. The predicted molar refractivity (Wildman–Crippen MR) is 62.2 cm³/mol. The summed E-state index contributed by atoms with van der Waals surface area (Å²) in [5, 5.41) is 0. The minimum atomic E-state index is -4.74. The molecular formula is C11H12F4N2O2S. The van der Waals surface area contributed by atoms with Gasteiger partial charge in [0.15, 0.2) is 28.2 Å². The second-order valence-corrected chi connectivity index (χ2v) is 6.54. The molecule has 2 rings (SSSR count). The molecule has 3 N–H and O–H groups in total. The third-order valence-electron chi connectivity index (χ3n) is 3.30. The van der Waals surface area contributed by atoms with Gasteiger partial charge in [0.25, 0.3) is 0 Å². The SMILES string of the molecule is NC1(CNS(=O)(=O)c2c(F)c(F)cc(F)c2F)CCC1. The number of nitrogens with one attached hydrogen (secondary N) is 1. The zero-order valence-corrected chi connectivity index (χ0v) is 11.0. The molecule has 0 saturated heterocycles. The Kier molecular flexibility index (Phi) is 3.78. The van der Waals surface area contributed by atoms with E-state index in [1.54, 1.807) is 0 Å². The summed E-state index contributed by atoms with van der Waals surface area (Å²) in [4.78, 5) is -1.67. The first-order valence-electron chi connectivity index (χ1n) is 5.78. The highest BCUT2D eigenvalue weighted by molar-refractivity contribution is 7.89. The molecule has 4 nitrogen and oxygen atoms in total. The molecule has 0 aliphatic heterocycles. The van der Waals surface area contributed by atoms with Crippen LogP contribution in [0.25, 0.3) is 0 Å². The minimum absolute atomic E-state index is 0.0555. The van der Waals surface area contributed by atoms with Crippen LogP contribution in [0, 0.1) is 23.3 Å². The monoisotopic (exact) mass is 312 g/mol. The Labute approximate surface area is 113 Å². The van der Waals surface area contributed by atoms with Gasteiger partial charge in [-0.3, -0.25) is 0 Å². The van der Waals surface area contributed by atoms with E-state index in [9.17, 15) is 26.0 Å².